The summed E-state index contributed by atoms with van der Waals surface area (Å²) < 4.78 is 14.4. The van der Waals surface area contributed by atoms with Gasteiger partial charge in [0.1, 0.15) is 5.69 Å². The van der Waals surface area contributed by atoms with Crippen LogP contribution in [0.5, 0.6) is 0 Å². The summed E-state index contributed by atoms with van der Waals surface area (Å²) in [4.78, 5) is 15.4. The minimum absolute atomic E-state index is 0.231. The minimum Gasteiger partial charge on any atom is -0.344 e. The Balaban J connectivity index is 2.14. The first-order valence-electron chi connectivity index (χ1n) is 5.28. The van der Waals surface area contributed by atoms with E-state index in [1.165, 1.54) is 18.3 Å². The highest BCUT2D eigenvalue weighted by atomic mass is 19.1. The third kappa shape index (κ3) is 2.50. The zero-order valence-electron chi connectivity index (χ0n) is 9.35. The van der Waals surface area contributed by atoms with Gasteiger partial charge < -0.3 is 9.88 Å². The second-order valence-corrected chi connectivity index (χ2v) is 3.50. The molecule has 1 N–H and O–H groups in total. The molecular formula is C12H12FN3O. The third-order valence-electron chi connectivity index (χ3n) is 2.39. The van der Waals surface area contributed by atoms with E-state index in [0.29, 0.717) is 11.4 Å². The predicted molar refractivity (Wildman–Crippen MR) is 62.3 cm³/mol. The standard InChI is InChI=1S/C12H12FN3O/c1-2-16-7-3-4-10(16)12(17)15-9-5-6-11(13)14-8-9/h3-8H,2H2,1H3,(H,15,17). The van der Waals surface area contributed by atoms with Crippen molar-refractivity contribution < 1.29 is 9.18 Å². The molecule has 0 saturated carbocycles. The zero-order valence-corrected chi connectivity index (χ0v) is 9.35. The van der Waals surface area contributed by atoms with Gasteiger partial charge >= 0.3 is 0 Å². The molecule has 0 aliphatic heterocycles. The van der Waals surface area contributed by atoms with Crippen LogP contribution in [0.25, 0.3) is 0 Å². The van der Waals surface area contributed by atoms with Gasteiger partial charge in [0.2, 0.25) is 5.95 Å². The van der Waals surface area contributed by atoms with Crippen LogP contribution in [0.2, 0.25) is 0 Å². The van der Waals surface area contributed by atoms with E-state index in [-0.39, 0.29) is 5.91 Å². The molecule has 0 aliphatic rings. The average molecular weight is 233 g/mol. The number of halogens is 1. The Kier molecular flexibility index (Phi) is 3.18. The van der Waals surface area contributed by atoms with Crippen LogP contribution >= 0.6 is 0 Å². The van der Waals surface area contributed by atoms with Crippen molar-refractivity contribution in [3.05, 3.63) is 48.3 Å². The topological polar surface area (TPSA) is 46.9 Å². The van der Waals surface area contributed by atoms with Gasteiger partial charge in [-0.2, -0.15) is 4.39 Å². The average Bonchev–Trinajstić information content (AvgIpc) is 2.80. The Morgan fingerprint density at radius 2 is 2.29 bits per heavy atom. The maximum atomic E-state index is 12.6. The van der Waals surface area contributed by atoms with E-state index < -0.39 is 5.95 Å². The number of anilines is 1. The number of hydrogen-bond donors (Lipinski definition) is 1. The summed E-state index contributed by atoms with van der Waals surface area (Å²) >= 11 is 0. The van der Waals surface area contributed by atoms with E-state index in [1.54, 1.807) is 12.1 Å². The Bertz CT molecular complexity index is 519. The molecule has 0 atom stereocenters. The van der Waals surface area contributed by atoms with Crippen molar-refractivity contribution in [1.29, 1.82) is 0 Å². The van der Waals surface area contributed by atoms with E-state index in [2.05, 4.69) is 10.3 Å². The summed E-state index contributed by atoms with van der Waals surface area (Å²) in [6, 6.07) is 6.21. The Labute approximate surface area is 98.1 Å². The van der Waals surface area contributed by atoms with E-state index >= 15 is 0 Å². The van der Waals surface area contributed by atoms with Gasteiger partial charge in [-0.25, -0.2) is 4.98 Å². The lowest BCUT2D eigenvalue weighted by atomic mass is 10.3. The quantitative estimate of drug-likeness (QED) is 0.827. The Hall–Kier alpha value is -2.17. The molecular weight excluding hydrogens is 221 g/mol. The molecule has 0 saturated heterocycles. The molecule has 2 heterocycles. The lowest BCUT2D eigenvalue weighted by Crippen LogP contribution is -2.16. The Morgan fingerprint density at radius 1 is 1.47 bits per heavy atom. The number of carbonyl (C=O) groups is 1. The Morgan fingerprint density at radius 3 is 2.94 bits per heavy atom. The summed E-state index contributed by atoms with van der Waals surface area (Å²) in [6.45, 7) is 2.67. The van der Waals surface area contributed by atoms with Crippen molar-refractivity contribution in [2.75, 3.05) is 5.32 Å². The number of pyridine rings is 1. The summed E-state index contributed by atoms with van der Waals surface area (Å²) in [5.41, 5.74) is 1.04. The molecule has 5 heteroatoms. The molecule has 0 spiro atoms. The van der Waals surface area contributed by atoms with Crippen LogP contribution in [-0.2, 0) is 6.54 Å². The molecule has 0 unspecified atom stereocenters. The van der Waals surface area contributed by atoms with Crippen molar-refractivity contribution in [1.82, 2.24) is 9.55 Å². The first kappa shape index (κ1) is 11.3. The normalized spacial score (nSPS) is 10.2. The van der Waals surface area contributed by atoms with Crippen molar-refractivity contribution in [3.63, 3.8) is 0 Å². The molecule has 0 bridgehead atoms. The molecule has 2 aromatic rings. The fourth-order valence-electron chi connectivity index (χ4n) is 1.54. The SMILES string of the molecule is CCn1cccc1C(=O)Nc1ccc(F)nc1. The molecule has 88 valence electrons. The fraction of sp³-hybridized carbons (Fsp3) is 0.167. The molecule has 0 radical (unpaired) electrons. The van der Waals surface area contributed by atoms with E-state index in [9.17, 15) is 9.18 Å². The van der Waals surface area contributed by atoms with Crippen LogP contribution in [0.15, 0.2) is 36.7 Å². The molecule has 2 aromatic heterocycles. The largest absolute Gasteiger partial charge is 0.344 e. The van der Waals surface area contributed by atoms with Crippen molar-refractivity contribution in [3.8, 4) is 0 Å². The first-order valence-corrected chi connectivity index (χ1v) is 5.28. The van der Waals surface area contributed by atoms with Crippen molar-refractivity contribution >= 4 is 11.6 Å². The van der Waals surface area contributed by atoms with Gasteiger partial charge in [-0.1, -0.05) is 0 Å². The summed E-state index contributed by atoms with van der Waals surface area (Å²) in [5, 5.41) is 2.66. The second-order valence-electron chi connectivity index (χ2n) is 3.50. The number of carbonyl (C=O) groups excluding carboxylic acids is 1. The monoisotopic (exact) mass is 233 g/mol. The smallest absolute Gasteiger partial charge is 0.272 e. The van der Waals surface area contributed by atoms with Gasteiger partial charge in [0.05, 0.1) is 11.9 Å². The minimum atomic E-state index is -0.570. The third-order valence-corrected chi connectivity index (χ3v) is 2.39. The maximum Gasteiger partial charge on any atom is 0.272 e. The molecule has 17 heavy (non-hydrogen) atoms. The van der Waals surface area contributed by atoms with Crippen LogP contribution in [0, 0.1) is 5.95 Å². The van der Waals surface area contributed by atoms with Crippen molar-refractivity contribution in [2.24, 2.45) is 0 Å². The van der Waals surface area contributed by atoms with Crippen molar-refractivity contribution in [2.45, 2.75) is 13.5 Å². The number of aromatic nitrogens is 2. The number of nitrogens with zero attached hydrogens (tertiary/aromatic N) is 2. The summed E-state index contributed by atoms with van der Waals surface area (Å²) in [6.07, 6.45) is 3.12. The number of amides is 1. The highest BCUT2D eigenvalue weighted by Crippen LogP contribution is 2.09. The van der Waals surface area contributed by atoms with Crippen LogP contribution in [0.1, 0.15) is 17.4 Å². The maximum absolute atomic E-state index is 12.6. The molecule has 4 nitrogen and oxygen atoms in total. The van der Waals surface area contributed by atoms with Crippen LogP contribution in [0.4, 0.5) is 10.1 Å². The number of hydrogen-bond acceptors (Lipinski definition) is 2. The van der Waals surface area contributed by atoms with Gasteiger partial charge in [0, 0.05) is 12.7 Å². The van der Waals surface area contributed by atoms with Gasteiger partial charge in [0.25, 0.3) is 5.91 Å². The van der Waals surface area contributed by atoms with Gasteiger partial charge in [-0.3, -0.25) is 4.79 Å². The summed E-state index contributed by atoms with van der Waals surface area (Å²) in [5.74, 6) is -0.801. The van der Waals surface area contributed by atoms with Gasteiger partial charge in [0.15, 0.2) is 0 Å². The number of aryl methyl sites for hydroxylation is 1. The van der Waals surface area contributed by atoms with E-state index in [0.717, 1.165) is 6.54 Å². The van der Waals surface area contributed by atoms with Crippen LogP contribution in [0.3, 0.4) is 0 Å². The second kappa shape index (κ2) is 4.78. The lowest BCUT2D eigenvalue weighted by molar-refractivity contribution is 0.101. The molecule has 1 amide bonds. The highest BCUT2D eigenvalue weighted by molar-refractivity contribution is 6.03. The van der Waals surface area contributed by atoms with Gasteiger partial charge in [-0.05, 0) is 31.2 Å². The molecule has 0 aliphatic carbocycles. The molecule has 2 rings (SSSR count). The van der Waals surface area contributed by atoms with Gasteiger partial charge in [-0.15, -0.1) is 0 Å². The van der Waals surface area contributed by atoms with E-state index in [4.69, 9.17) is 0 Å². The number of nitrogens with one attached hydrogen (secondary N) is 1. The van der Waals surface area contributed by atoms with Crippen LogP contribution in [-0.4, -0.2) is 15.5 Å². The molecule has 0 fully saturated rings. The lowest BCUT2D eigenvalue weighted by Gasteiger charge is -2.07. The first-order chi connectivity index (χ1) is 8.20. The number of rotatable bonds is 3. The van der Waals surface area contributed by atoms with E-state index in [1.807, 2.05) is 17.7 Å². The zero-order chi connectivity index (χ0) is 12.3. The highest BCUT2D eigenvalue weighted by Gasteiger charge is 2.10. The van der Waals surface area contributed by atoms with Crippen LogP contribution < -0.4 is 5.32 Å². The molecule has 0 aromatic carbocycles. The fourth-order valence-corrected chi connectivity index (χ4v) is 1.54. The predicted octanol–water partition coefficient (Wildman–Crippen LogP) is 2.29. The summed E-state index contributed by atoms with van der Waals surface area (Å²) in [7, 11) is 0.